The molecule has 1 heterocycles. The highest BCUT2D eigenvalue weighted by molar-refractivity contribution is 6.30. The summed E-state index contributed by atoms with van der Waals surface area (Å²) in [6.07, 6.45) is 0. The number of rotatable bonds is 3. The summed E-state index contributed by atoms with van der Waals surface area (Å²) in [5, 5.41) is 10.8. The van der Waals surface area contributed by atoms with Gasteiger partial charge in [-0.1, -0.05) is 43.6 Å². The summed E-state index contributed by atoms with van der Waals surface area (Å²) < 4.78 is 0. The lowest BCUT2D eigenvalue weighted by atomic mass is 9.82. The van der Waals surface area contributed by atoms with Crippen LogP contribution in [0.15, 0.2) is 30.3 Å². The van der Waals surface area contributed by atoms with E-state index in [-0.39, 0.29) is 12.6 Å². The summed E-state index contributed by atoms with van der Waals surface area (Å²) in [5.41, 5.74) is 7.37. The van der Waals surface area contributed by atoms with Crippen molar-refractivity contribution in [1.82, 2.24) is 4.98 Å². The predicted molar refractivity (Wildman–Crippen MR) is 74.5 cm³/mol. The fraction of sp³-hybridized carbons (Fsp3) is 0.357. The molecule has 0 aliphatic carbocycles. The molecule has 0 spiro atoms. The van der Waals surface area contributed by atoms with Crippen molar-refractivity contribution in [2.45, 2.75) is 19.9 Å². The van der Waals surface area contributed by atoms with Gasteiger partial charge in [0.05, 0.1) is 5.52 Å². The minimum Gasteiger partial charge on any atom is -0.396 e. The number of fused-ring (bicyclic) bond motifs is 1. The topological polar surface area (TPSA) is 59.1 Å². The number of aromatic nitrogens is 1. The zero-order valence-electron chi connectivity index (χ0n) is 10.5. The quantitative estimate of drug-likeness (QED) is 0.838. The fourth-order valence-corrected chi connectivity index (χ4v) is 2.11. The average molecular weight is 265 g/mol. The number of benzene rings is 1. The van der Waals surface area contributed by atoms with Gasteiger partial charge in [0.25, 0.3) is 0 Å². The first-order valence-corrected chi connectivity index (χ1v) is 6.25. The second-order valence-corrected chi connectivity index (χ2v) is 5.54. The maximum Gasteiger partial charge on any atom is 0.134 e. The van der Waals surface area contributed by atoms with E-state index >= 15 is 0 Å². The Labute approximate surface area is 112 Å². The molecule has 18 heavy (non-hydrogen) atoms. The summed E-state index contributed by atoms with van der Waals surface area (Å²) in [6, 6.07) is 9.35. The Morgan fingerprint density at radius 2 is 2.06 bits per heavy atom. The Kier molecular flexibility index (Phi) is 3.57. The van der Waals surface area contributed by atoms with Gasteiger partial charge >= 0.3 is 0 Å². The normalized spacial score (nSPS) is 13.8. The molecule has 0 unspecified atom stereocenters. The van der Waals surface area contributed by atoms with E-state index in [0.29, 0.717) is 5.15 Å². The summed E-state index contributed by atoms with van der Waals surface area (Å²) >= 11 is 6.19. The minimum absolute atomic E-state index is 0.00266. The number of para-hydroxylation sites is 1. The highest BCUT2D eigenvalue weighted by Crippen LogP contribution is 2.35. The summed E-state index contributed by atoms with van der Waals surface area (Å²) in [6.45, 7) is 3.81. The van der Waals surface area contributed by atoms with Crippen LogP contribution in [0.1, 0.15) is 25.5 Å². The van der Waals surface area contributed by atoms with E-state index in [0.717, 1.165) is 16.5 Å². The molecule has 4 heteroatoms. The number of pyridine rings is 1. The molecular formula is C14H17ClN2O. The monoisotopic (exact) mass is 264 g/mol. The molecule has 0 fully saturated rings. The van der Waals surface area contributed by atoms with Crippen LogP contribution in [-0.4, -0.2) is 16.7 Å². The van der Waals surface area contributed by atoms with Gasteiger partial charge in [-0.2, -0.15) is 0 Å². The van der Waals surface area contributed by atoms with Gasteiger partial charge in [0.15, 0.2) is 0 Å². The lowest BCUT2D eigenvalue weighted by molar-refractivity contribution is 0.132. The molecule has 96 valence electrons. The molecule has 0 aliphatic heterocycles. The van der Waals surface area contributed by atoms with Crippen molar-refractivity contribution in [3.8, 4) is 0 Å². The number of aliphatic hydroxyl groups is 1. The highest BCUT2D eigenvalue weighted by Gasteiger charge is 2.29. The average Bonchev–Trinajstić information content (AvgIpc) is 2.37. The van der Waals surface area contributed by atoms with Gasteiger partial charge in [-0.3, -0.25) is 0 Å². The first kappa shape index (κ1) is 13.3. The molecule has 0 aliphatic rings. The van der Waals surface area contributed by atoms with Crippen molar-refractivity contribution >= 4 is 22.5 Å². The molecule has 3 nitrogen and oxygen atoms in total. The molecule has 0 amide bonds. The lowest BCUT2D eigenvalue weighted by Crippen LogP contribution is -2.32. The molecule has 2 rings (SSSR count). The number of hydrogen-bond donors (Lipinski definition) is 2. The van der Waals surface area contributed by atoms with Gasteiger partial charge in [-0.15, -0.1) is 0 Å². The Bertz CT molecular complexity index is 569. The third kappa shape index (κ3) is 2.34. The van der Waals surface area contributed by atoms with Gasteiger partial charge in [0.1, 0.15) is 5.15 Å². The van der Waals surface area contributed by atoms with E-state index < -0.39 is 5.41 Å². The molecule has 1 aromatic carbocycles. The largest absolute Gasteiger partial charge is 0.396 e. The Balaban J connectivity index is 2.54. The molecule has 3 N–H and O–H groups in total. The lowest BCUT2D eigenvalue weighted by Gasteiger charge is -2.30. The SMILES string of the molecule is CC(C)(CO)[C@H](N)c1cc2ccccc2nc1Cl. The van der Waals surface area contributed by atoms with E-state index in [9.17, 15) is 5.11 Å². The number of nitrogens with zero attached hydrogens (tertiary/aromatic N) is 1. The Hall–Kier alpha value is -1.16. The first-order valence-electron chi connectivity index (χ1n) is 5.87. The third-order valence-electron chi connectivity index (χ3n) is 3.29. The van der Waals surface area contributed by atoms with Gasteiger partial charge in [0, 0.05) is 29.0 Å². The molecule has 2 aromatic rings. The van der Waals surface area contributed by atoms with Gasteiger partial charge in [-0.25, -0.2) is 4.98 Å². The van der Waals surface area contributed by atoms with E-state index in [1.54, 1.807) is 0 Å². The first-order chi connectivity index (χ1) is 8.45. The third-order valence-corrected chi connectivity index (χ3v) is 3.59. The van der Waals surface area contributed by atoms with Crippen LogP contribution in [0.25, 0.3) is 10.9 Å². The van der Waals surface area contributed by atoms with Gasteiger partial charge in [-0.05, 0) is 12.1 Å². The van der Waals surface area contributed by atoms with E-state index in [1.807, 2.05) is 44.2 Å². The van der Waals surface area contributed by atoms with Crippen LogP contribution in [0.3, 0.4) is 0 Å². The van der Waals surface area contributed by atoms with E-state index in [2.05, 4.69) is 4.98 Å². The van der Waals surface area contributed by atoms with Gasteiger partial charge < -0.3 is 10.8 Å². The van der Waals surface area contributed by atoms with E-state index in [4.69, 9.17) is 17.3 Å². The van der Waals surface area contributed by atoms with E-state index in [1.165, 1.54) is 0 Å². The number of nitrogens with two attached hydrogens (primary N) is 1. The van der Waals surface area contributed by atoms with Crippen molar-refractivity contribution in [1.29, 1.82) is 0 Å². The van der Waals surface area contributed by atoms with Crippen molar-refractivity contribution in [2.75, 3.05) is 6.61 Å². The summed E-state index contributed by atoms with van der Waals surface area (Å²) in [7, 11) is 0. The Morgan fingerprint density at radius 1 is 1.39 bits per heavy atom. The van der Waals surface area contributed by atoms with Gasteiger partial charge in [0.2, 0.25) is 0 Å². The number of halogens is 1. The summed E-state index contributed by atoms with van der Waals surface area (Å²) in [5.74, 6) is 0. The van der Waals surface area contributed by atoms with Crippen LogP contribution in [0.2, 0.25) is 5.15 Å². The zero-order chi connectivity index (χ0) is 13.3. The zero-order valence-corrected chi connectivity index (χ0v) is 11.3. The molecule has 0 bridgehead atoms. The second kappa shape index (κ2) is 4.84. The van der Waals surface area contributed by atoms with Crippen molar-refractivity contribution in [3.63, 3.8) is 0 Å². The molecule has 0 saturated heterocycles. The molecule has 0 saturated carbocycles. The number of aliphatic hydroxyl groups excluding tert-OH is 1. The maximum absolute atomic E-state index is 9.39. The van der Waals surface area contributed by atoms with Crippen molar-refractivity contribution in [2.24, 2.45) is 11.1 Å². The Morgan fingerprint density at radius 3 is 2.72 bits per heavy atom. The molecular weight excluding hydrogens is 248 g/mol. The second-order valence-electron chi connectivity index (χ2n) is 5.19. The van der Waals surface area contributed by atoms with Crippen molar-refractivity contribution in [3.05, 3.63) is 41.0 Å². The standard InChI is InChI=1S/C14H17ClN2O/c1-14(2,8-18)12(16)10-7-9-5-3-4-6-11(9)17-13(10)15/h3-7,12,18H,8,16H2,1-2H3/t12-/m1/s1. The van der Waals surface area contributed by atoms with Crippen LogP contribution in [0.5, 0.6) is 0 Å². The highest BCUT2D eigenvalue weighted by atomic mass is 35.5. The molecule has 0 radical (unpaired) electrons. The number of hydrogen-bond acceptors (Lipinski definition) is 3. The maximum atomic E-state index is 9.39. The van der Waals surface area contributed by atoms with Crippen LogP contribution in [0, 0.1) is 5.41 Å². The van der Waals surface area contributed by atoms with Crippen LogP contribution < -0.4 is 5.73 Å². The van der Waals surface area contributed by atoms with Crippen LogP contribution in [-0.2, 0) is 0 Å². The molecule has 1 aromatic heterocycles. The van der Waals surface area contributed by atoms with Crippen molar-refractivity contribution < 1.29 is 5.11 Å². The smallest absolute Gasteiger partial charge is 0.134 e. The van der Waals surface area contributed by atoms with Crippen LogP contribution >= 0.6 is 11.6 Å². The minimum atomic E-state index is -0.437. The summed E-state index contributed by atoms with van der Waals surface area (Å²) in [4.78, 5) is 4.35. The fourth-order valence-electron chi connectivity index (χ4n) is 1.85. The predicted octanol–water partition coefficient (Wildman–Crippen LogP) is 2.91. The molecule has 1 atom stereocenters. The van der Waals surface area contributed by atoms with Crippen LogP contribution in [0.4, 0.5) is 0 Å².